The summed E-state index contributed by atoms with van der Waals surface area (Å²) in [4.78, 5) is 27.7. The largest absolute Gasteiger partial charge is 0.450 e. The smallest absolute Gasteiger partial charge is 0.409 e. The molecule has 0 aromatic carbocycles. The molecule has 0 aromatic heterocycles. The van der Waals surface area contributed by atoms with Crippen LogP contribution in [0.25, 0.3) is 0 Å². The van der Waals surface area contributed by atoms with Crippen molar-refractivity contribution in [2.45, 2.75) is 52.0 Å². The van der Waals surface area contributed by atoms with Crippen molar-refractivity contribution < 1.29 is 14.3 Å². The third-order valence-electron chi connectivity index (χ3n) is 4.30. The summed E-state index contributed by atoms with van der Waals surface area (Å²) in [6.45, 7) is 7.34. The SMILES string of the molecule is CCCN(CC1CC1)C(=O)NC1CCN(C(=O)OCC)CC1. The first-order valence-corrected chi connectivity index (χ1v) is 8.61. The van der Waals surface area contributed by atoms with Gasteiger partial charge in [0, 0.05) is 32.2 Å². The van der Waals surface area contributed by atoms with Crippen molar-refractivity contribution in [2.75, 3.05) is 32.8 Å². The first kappa shape index (κ1) is 16.9. The van der Waals surface area contributed by atoms with E-state index in [0.717, 1.165) is 32.4 Å². The van der Waals surface area contributed by atoms with Crippen LogP contribution in [-0.2, 0) is 4.74 Å². The molecule has 1 aliphatic carbocycles. The minimum atomic E-state index is -0.242. The first-order valence-electron chi connectivity index (χ1n) is 8.61. The summed E-state index contributed by atoms with van der Waals surface area (Å²) in [7, 11) is 0. The molecule has 0 bridgehead atoms. The molecule has 3 amide bonds. The average molecular weight is 311 g/mol. The lowest BCUT2D eigenvalue weighted by Gasteiger charge is -2.33. The topological polar surface area (TPSA) is 61.9 Å². The van der Waals surface area contributed by atoms with E-state index in [1.165, 1.54) is 12.8 Å². The molecule has 0 unspecified atom stereocenters. The molecule has 2 aliphatic rings. The van der Waals surface area contributed by atoms with Gasteiger partial charge in [0.25, 0.3) is 0 Å². The molecular weight excluding hydrogens is 282 g/mol. The maximum absolute atomic E-state index is 12.4. The number of likely N-dealkylation sites (tertiary alicyclic amines) is 1. The molecule has 2 rings (SSSR count). The van der Waals surface area contributed by atoms with E-state index in [1.807, 2.05) is 11.8 Å². The van der Waals surface area contributed by atoms with Gasteiger partial charge in [-0.05, 0) is 44.9 Å². The highest BCUT2D eigenvalue weighted by Crippen LogP contribution is 2.29. The predicted octanol–water partition coefficient (Wildman–Crippen LogP) is 2.44. The second-order valence-electron chi connectivity index (χ2n) is 6.30. The van der Waals surface area contributed by atoms with Crippen LogP contribution in [0.5, 0.6) is 0 Å². The molecule has 1 N–H and O–H groups in total. The molecule has 0 spiro atoms. The summed E-state index contributed by atoms with van der Waals surface area (Å²) in [5.74, 6) is 0.711. The van der Waals surface area contributed by atoms with Crippen molar-refractivity contribution in [1.82, 2.24) is 15.1 Å². The van der Waals surface area contributed by atoms with Crippen LogP contribution >= 0.6 is 0 Å². The van der Waals surface area contributed by atoms with Gasteiger partial charge in [0.05, 0.1) is 6.61 Å². The Hall–Kier alpha value is -1.46. The van der Waals surface area contributed by atoms with Crippen molar-refractivity contribution in [3.63, 3.8) is 0 Å². The molecule has 6 nitrogen and oxygen atoms in total. The number of rotatable bonds is 6. The van der Waals surface area contributed by atoms with Crippen LogP contribution in [0.1, 0.15) is 46.0 Å². The lowest BCUT2D eigenvalue weighted by Crippen LogP contribution is -2.50. The van der Waals surface area contributed by atoms with E-state index in [0.29, 0.717) is 25.6 Å². The molecule has 1 heterocycles. The van der Waals surface area contributed by atoms with Crippen molar-refractivity contribution in [1.29, 1.82) is 0 Å². The molecule has 0 radical (unpaired) electrons. The quantitative estimate of drug-likeness (QED) is 0.819. The fraction of sp³-hybridized carbons (Fsp3) is 0.875. The van der Waals surface area contributed by atoms with Gasteiger partial charge >= 0.3 is 12.1 Å². The molecule has 126 valence electrons. The monoisotopic (exact) mass is 311 g/mol. The number of carbonyl (C=O) groups is 2. The van der Waals surface area contributed by atoms with Gasteiger partial charge in [-0.2, -0.15) is 0 Å². The van der Waals surface area contributed by atoms with Crippen molar-refractivity contribution in [3.05, 3.63) is 0 Å². The second-order valence-corrected chi connectivity index (χ2v) is 6.30. The zero-order valence-corrected chi connectivity index (χ0v) is 13.8. The Kier molecular flexibility index (Phi) is 6.34. The van der Waals surface area contributed by atoms with Crippen LogP contribution in [-0.4, -0.2) is 60.8 Å². The summed E-state index contributed by atoms with van der Waals surface area (Å²) >= 11 is 0. The zero-order valence-electron chi connectivity index (χ0n) is 13.8. The molecule has 6 heteroatoms. The van der Waals surface area contributed by atoms with E-state index in [1.54, 1.807) is 4.90 Å². The van der Waals surface area contributed by atoms with E-state index >= 15 is 0 Å². The highest BCUT2D eigenvalue weighted by molar-refractivity contribution is 5.74. The third kappa shape index (κ3) is 5.07. The number of nitrogens with zero attached hydrogens (tertiary/aromatic N) is 2. The van der Waals surface area contributed by atoms with Crippen LogP contribution < -0.4 is 5.32 Å². The van der Waals surface area contributed by atoms with Crippen LogP contribution in [0, 0.1) is 5.92 Å². The van der Waals surface area contributed by atoms with E-state index in [2.05, 4.69) is 12.2 Å². The van der Waals surface area contributed by atoms with Crippen LogP contribution in [0.15, 0.2) is 0 Å². The number of carbonyl (C=O) groups excluding carboxylic acids is 2. The van der Waals surface area contributed by atoms with Gasteiger partial charge in [0.2, 0.25) is 0 Å². The molecule has 1 saturated heterocycles. The molecule has 1 saturated carbocycles. The van der Waals surface area contributed by atoms with Gasteiger partial charge < -0.3 is 19.9 Å². The Morgan fingerprint density at radius 2 is 1.86 bits per heavy atom. The normalized spacial score (nSPS) is 18.9. The Balaban J connectivity index is 1.73. The predicted molar refractivity (Wildman–Crippen MR) is 84.7 cm³/mol. The summed E-state index contributed by atoms with van der Waals surface area (Å²) in [5.41, 5.74) is 0. The van der Waals surface area contributed by atoms with Gasteiger partial charge in [-0.25, -0.2) is 9.59 Å². The van der Waals surface area contributed by atoms with Gasteiger partial charge in [0.15, 0.2) is 0 Å². The number of urea groups is 1. The van der Waals surface area contributed by atoms with Crippen LogP contribution in [0.4, 0.5) is 9.59 Å². The maximum atomic E-state index is 12.4. The fourth-order valence-corrected chi connectivity index (χ4v) is 2.84. The van der Waals surface area contributed by atoms with Crippen molar-refractivity contribution in [3.8, 4) is 0 Å². The Morgan fingerprint density at radius 3 is 2.41 bits per heavy atom. The van der Waals surface area contributed by atoms with Gasteiger partial charge in [-0.15, -0.1) is 0 Å². The van der Waals surface area contributed by atoms with Crippen LogP contribution in [0.3, 0.4) is 0 Å². The Bertz CT molecular complexity index is 377. The van der Waals surface area contributed by atoms with Gasteiger partial charge in [-0.3, -0.25) is 0 Å². The van der Waals surface area contributed by atoms with Crippen molar-refractivity contribution in [2.24, 2.45) is 5.92 Å². The third-order valence-corrected chi connectivity index (χ3v) is 4.30. The number of hydrogen-bond acceptors (Lipinski definition) is 3. The summed E-state index contributed by atoms with van der Waals surface area (Å²) < 4.78 is 5.01. The molecular formula is C16H29N3O3. The minimum Gasteiger partial charge on any atom is -0.450 e. The minimum absolute atomic E-state index is 0.0586. The maximum Gasteiger partial charge on any atom is 0.409 e. The fourth-order valence-electron chi connectivity index (χ4n) is 2.84. The highest BCUT2D eigenvalue weighted by atomic mass is 16.6. The number of piperidine rings is 1. The number of hydrogen-bond donors (Lipinski definition) is 1. The van der Waals surface area contributed by atoms with Gasteiger partial charge in [0.1, 0.15) is 0 Å². The Morgan fingerprint density at radius 1 is 1.18 bits per heavy atom. The standard InChI is InChI=1S/C16H29N3O3/c1-3-9-19(12-13-5-6-13)15(20)17-14-7-10-18(11-8-14)16(21)22-4-2/h13-14H,3-12H2,1-2H3,(H,17,20). The lowest BCUT2D eigenvalue weighted by molar-refractivity contribution is 0.0950. The second kappa shape index (κ2) is 8.25. The highest BCUT2D eigenvalue weighted by Gasteiger charge is 2.29. The summed E-state index contributed by atoms with van der Waals surface area (Å²) in [6, 6.07) is 0.222. The molecule has 0 atom stereocenters. The van der Waals surface area contributed by atoms with E-state index < -0.39 is 0 Å². The number of amides is 3. The number of ether oxygens (including phenoxy) is 1. The van der Waals surface area contributed by atoms with E-state index in [4.69, 9.17) is 4.74 Å². The van der Waals surface area contributed by atoms with E-state index in [-0.39, 0.29) is 18.2 Å². The number of nitrogens with one attached hydrogen (secondary N) is 1. The molecule has 1 aliphatic heterocycles. The zero-order chi connectivity index (χ0) is 15.9. The summed E-state index contributed by atoms with van der Waals surface area (Å²) in [5, 5.41) is 3.14. The Labute approximate surface area is 133 Å². The summed E-state index contributed by atoms with van der Waals surface area (Å²) in [6.07, 6.45) is 4.86. The first-order chi connectivity index (χ1) is 10.6. The lowest BCUT2D eigenvalue weighted by atomic mass is 10.1. The van der Waals surface area contributed by atoms with Gasteiger partial charge in [-0.1, -0.05) is 6.92 Å². The molecule has 0 aromatic rings. The van der Waals surface area contributed by atoms with Crippen molar-refractivity contribution >= 4 is 12.1 Å². The molecule has 22 heavy (non-hydrogen) atoms. The molecule has 2 fully saturated rings. The average Bonchev–Trinajstić information content (AvgIpc) is 3.32. The van der Waals surface area contributed by atoms with Crippen LogP contribution in [0.2, 0.25) is 0 Å². The van der Waals surface area contributed by atoms with E-state index in [9.17, 15) is 9.59 Å².